The van der Waals surface area contributed by atoms with Crippen LogP contribution in [0.1, 0.15) is 12.5 Å². The topological polar surface area (TPSA) is 3.24 Å². The summed E-state index contributed by atoms with van der Waals surface area (Å²) in [6.45, 7) is 3.85. The highest BCUT2D eigenvalue weighted by Crippen LogP contribution is 2.25. The third-order valence-corrected chi connectivity index (χ3v) is 3.05. The first-order valence-electron chi connectivity index (χ1n) is 4.76. The molecule has 84 valence electrons. The van der Waals surface area contributed by atoms with Crippen LogP contribution in [0.3, 0.4) is 0 Å². The Morgan fingerprint density at radius 3 is 2.33 bits per heavy atom. The van der Waals surface area contributed by atoms with Crippen LogP contribution in [-0.2, 0) is 6.54 Å². The van der Waals surface area contributed by atoms with E-state index in [-0.39, 0.29) is 0 Å². The number of nitrogens with zero attached hydrogens (tertiary/aromatic N) is 1. The van der Waals surface area contributed by atoms with E-state index in [1.165, 1.54) is 0 Å². The highest BCUT2D eigenvalue weighted by Gasteiger charge is 2.09. The largest absolute Gasteiger partial charge is 0.301 e. The lowest BCUT2D eigenvalue weighted by molar-refractivity contribution is 0.333. The quantitative estimate of drug-likeness (QED) is 0.753. The molecule has 0 saturated carbocycles. The molecular formula is C11H14BrCl2N. The van der Waals surface area contributed by atoms with Crippen molar-refractivity contribution in [2.45, 2.75) is 18.3 Å². The minimum absolute atomic E-state index is 0.462. The summed E-state index contributed by atoms with van der Waals surface area (Å²) in [5, 5.41) is 1.47. The standard InChI is InChI=1S/C11H14BrCl2N/c1-8(12)6-15(2)7-9-10(13)4-3-5-11(9)14/h3-5,8H,6-7H2,1-2H3. The van der Waals surface area contributed by atoms with Crippen LogP contribution in [0.5, 0.6) is 0 Å². The molecule has 1 nitrogen and oxygen atoms in total. The molecule has 15 heavy (non-hydrogen) atoms. The number of hydrogen-bond acceptors (Lipinski definition) is 1. The first-order valence-corrected chi connectivity index (χ1v) is 6.43. The number of halogens is 3. The summed E-state index contributed by atoms with van der Waals surface area (Å²) in [5.41, 5.74) is 0.997. The molecule has 0 spiro atoms. The van der Waals surface area contributed by atoms with Crippen molar-refractivity contribution in [3.8, 4) is 0 Å². The van der Waals surface area contributed by atoms with Crippen molar-refractivity contribution in [1.29, 1.82) is 0 Å². The summed E-state index contributed by atoms with van der Waals surface area (Å²) in [5.74, 6) is 0. The van der Waals surface area contributed by atoms with Gasteiger partial charge in [-0.15, -0.1) is 0 Å². The smallest absolute Gasteiger partial charge is 0.0465 e. The molecular weight excluding hydrogens is 297 g/mol. The minimum Gasteiger partial charge on any atom is -0.301 e. The zero-order valence-corrected chi connectivity index (χ0v) is 11.9. The summed E-state index contributed by atoms with van der Waals surface area (Å²) in [7, 11) is 2.05. The Morgan fingerprint density at radius 2 is 1.87 bits per heavy atom. The lowest BCUT2D eigenvalue weighted by atomic mass is 10.2. The molecule has 0 aliphatic carbocycles. The van der Waals surface area contributed by atoms with Gasteiger partial charge in [-0.2, -0.15) is 0 Å². The van der Waals surface area contributed by atoms with Crippen molar-refractivity contribution in [3.05, 3.63) is 33.8 Å². The van der Waals surface area contributed by atoms with E-state index in [0.717, 1.165) is 28.7 Å². The third kappa shape index (κ3) is 4.31. The number of rotatable bonds is 4. The SMILES string of the molecule is CC(Br)CN(C)Cc1c(Cl)cccc1Cl. The van der Waals surface area contributed by atoms with E-state index >= 15 is 0 Å². The minimum atomic E-state index is 0.462. The molecule has 1 aromatic carbocycles. The van der Waals surface area contributed by atoms with Crippen molar-refractivity contribution < 1.29 is 0 Å². The van der Waals surface area contributed by atoms with E-state index in [9.17, 15) is 0 Å². The van der Waals surface area contributed by atoms with Gasteiger partial charge in [0.25, 0.3) is 0 Å². The van der Waals surface area contributed by atoms with Gasteiger partial charge in [0.05, 0.1) is 0 Å². The zero-order valence-electron chi connectivity index (χ0n) is 8.80. The molecule has 1 aromatic rings. The van der Waals surface area contributed by atoms with Gasteiger partial charge in [0.1, 0.15) is 0 Å². The molecule has 0 aromatic heterocycles. The molecule has 0 amide bonds. The second-order valence-corrected chi connectivity index (χ2v) is 6.06. The van der Waals surface area contributed by atoms with Gasteiger partial charge in [-0.1, -0.05) is 52.1 Å². The van der Waals surface area contributed by atoms with Crippen molar-refractivity contribution in [2.75, 3.05) is 13.6 Å². The Kier molecular flexibility index (Phi) is 5.41. The van der Waals surface area contributed by atoms with Crippen molar-refractivity contribution >= 4 is 39.1 Å². The summed E-state index contributed by atoms with van der Waals surface area (Å²) in [6, 6.07) is 5.60. The van der Waals surface area contributed by atoms with Gasteiger partial charge >= 0.3 is 0 Å². The summed E-state index contributed by atoms with van der Waals surface area (Å²) in [4.78, 5) is 2.65. The Labute approximate surface area is 109 Å². The molecule has 0 aliphatic rings. The van der Waals surface area contributed by atoms with E-state index in [2.05, 4.69) is 34.8 Å². The van der Waals surface area contributed by atoms with Gasteiger partial charge in [0, 0.05) is 33.5 Å². The predicted molar refractivity (Wildman–Crippen MR) is 71.2 cm³/mol. The fraction of sp³-hybridized carbons (Fsp3) is 0.455. The molecule has 1 rings (SSSR count). The van der Waals surface area contributed by atoms with Crippen LogP contribution in [0.15, 0.2) is 18.2 Å². The number of benzene rings is 1. The molecule has 0 N–H and O–H groups in total. The lowest BCUT2D eigenvalue weighted by Gasteiger charge is -2.19. The zero-order chi connectivity index (χ0) is 11.4. The first-order chi connectivity index (χ1) is 7.00. The Hall–Kier alpha value is 0.240. The van der Waals surface area contributed by atoms with Crippen LogP contribution in [0.2, 0.25) is 10.0 Å². The van der Waals surface area contributed by atoms with Crippen LogP contribution in [0.25, 0.3) is 0 Å². The highest BCUT2D eigenvalue weighted by atomic mass is 79.9. The maximum atomic E-state index is 6.09. The Bertz CT molecular complexity index is 308. The highest BCUT2D eigenvalue weighted by molar-refractivity contribution is 9.09. The monoisotopic (exact) mass is 309 g/mol. The average Bonchev–Trinajstić information content (AvgIpc) is 2.10. The molecule has 1 atom stereocenters. The average molecular weight is 311 g/mol. The van der Waals surface area contributed by atoms with Crippen LogP contribution >= 0.6 is 39.1 Å². The van der Waals surface area contributed by atoms with E-state index in [4.69, 9.17) is 23.2 Å². The van der Waals surface area contributed by atoms with Crippen LogP contribution in [0.4, 0.5) is 0 Å². The summed E-state index contributed by atoms with van der Waals surface area (Å²) in [6.07, 6.45) is 0. The lowest BCUT2D eigenvalue weighted by Crippen LogP contribution is -2.24. The van der Waals surface area contributed by atoms with Gasteiger partial charge in [-0.25, -0.2) is 0 Å². The normalized spacial score (nSPS) is 13.2. The maximum absolute atomic E-state index is 6.09. The van der Waals surface area contributed by atoms with E-state index in [1.807, 2.05) is 18.2 Å². The van der Waals surface area contributed by atoms with Crippen LogP contribution in [0, 0.1) is 0 Å². The molecule has 0 bridgehead atoms. The van der Waals surface area contributed by atoms with Gasteiger partial charge in [-0.3, -0.25) is 0 Å². The Morgan fingerprint density at radius 1 is 1.33 bits per heavy atom. The number of hydrogen-bond donors (Lipinski definition) is 0. The van der Waals surface area contributed by atoms with Gasteiger partial charge in [-0.05, 0) is 19.2 Å². The van der Waals surface area contributed by atoms with Gasteiger partial charge < -0.3 is 4.90 Å². The van der Waals surface area contributed by atoms with Crippen LogP contribution in [-0.4, -0.2) is 23.3 Å². The molecule has 0 heterocycles. The van der Waals surface area contributed by atoms with Crippen molar-refractivity contribution in [1.82, 2.24) is 4.90 Å². The second kappa shape index (κ2) is 6.09. The molecule has 1 unspecified atom stereocenters. The van der Waals surface area contributed by atoms with E-state index in [1.54, 1.807) is 0 Å². The fourth-order valence-corrected chi connectivity index (χ4v) is 2.46. The second-order valence-electron chi connectivity index (χ2n) is 3.68. The molecule has 0 aliphatic heterocycles. The van der Waals surface area contributed by atoms with Gasteiger partial charge in [0.15, 0.2) is 0 Å². The van der Waals surface area contributed by atoms with Crippen molar-refractivity contribution in [2.24, 2.45) is 0 Å². The predicted octanol–water partition coefficient (Wildman–Crippen LogP) is 4.21. The first kappa shape index (κ1) is 13.3. The summed E-state index contributed by atoms with van der Waals surface area (Å²) < 4.78 is 0. The fourth-order valence-electron chi connectivity index (χ4n) is 1.45. The van der Waals surface area contributed by atoms with E-state index in [0.29, 0.717) is 4.83 Å². The third-order valence-electron chi connectivity index (χ3n) is 2.05. The molecule has 0 fully saturated rings. The van der Waals surface area contributed by atoms with Crippen LogP contribution < -0.4 is 0 Å². The van der Waals surface area contributed by atoms with Gasteiger partial charge in [0.2, 0.25) is 0 Å². The molecule has 0 radical (unpaired) electrons. The Balaban J connectivity index is 2.71. The number of alkyl halides is 1. The molecule has 0 saturated heterocycles. The van der Waals surface area contributed by atoms with Crippen molar-refractivity contribution in [3.63, 3.8) is 0 Å². The maximum Gasteiger partial charge on any atom is 0.0465 e. The molecule has 4 heteroatoms. The summed E-state index contributed by atoms with van der Waals surface area (Å²) >= 11 is 15.7. The van der Waals surface area contributed by atoms with E-state index < -0.39 is 0 Å².